The fourth-order valence-corrected chi connectivity index (χ4v) is 4.28. The lowest BCUT2D eigenvalue weighted by molar-refractivity contribution is -0.130. The number of likely N-dealkylation sites (tertiary alicyclic amines) is 1. The average Bonchev–Trinajstić information content (AvgIpc) is 3.49. The standard InChI is InChI=1S/C24H23N5O4/c1-14-6-8-15(9-7-14)13-29-18(10-11-19(29)30)21-25-20(28-33-21)16-4-3-5-17(12-16)24(2)22(31)26-23(32)27-24/h3-9,12,18H,10-11,13H2,1-2H3,(H2,26,27,31,32). The first-order valence-electron chi connectivity index (χ1n) is 10.8. The van der Waals surface area contributed by atoms with Crippen molar-refractivity contribution in [1.82, 2.24) is 25.7 Å². The van der Waals surface area contributed by atoms with E-state index in [2.05, 4.69) is 20.8 Å². The quantitative estimate of drug-likeness (QED) is 0.583. The summed E-state index contributed by atoms with van der Waals surface area (Å²) in [6.45, 7) is 4.14. The molecule has 33 heavy (non-hydrogen) atoms. The summed E-state index contributed by atoms with van der Waals surface area (Å²) in [6, 6.07) is 14.3. The van der Waals surface area contributed by atoms with Gasteiger partial charge in [0.15, 0.2) is 0 Å². The smallest absolute Gasteiger partial charge is 0.322 e. The molecule has 2 fully saturated rings. The third-order valence-corrected chi connectivity index (χ3v) is 6.27. The molecule has 0 spiro atoms. The normalized spacial score (nSPS) is 22.5. The summed E-state index contributed by atoms with van der Waals surface area (Å²) in [5, 5.41) is 9.04. The molecule has 1 aromatic heterocycles. The van der Waals surface area contributed by atoms with Crippen molar-refractivity contribution in [3.05, 3.63) is 71.1 Å². The van der Waals surface area contributed by atoms with E-state index in [4.69, 9.17) is 4.52 Å². The summed E-state index contributed by atoms with van der Waals surface area (Å²) >= 11 is 0. The Kier molecular flexibility index (Phi) is 4.96. The van der Waals surface area contributed by atoms with Crippen molar-refractivity contribution in [2.75, 3.05) is 0 Å². The number of carbonyl (C=O) groups excluding carboxylic acids is 3. The fraction of sp³-hybridized carbons (Fsp3) is 0.292. The Bertz CT molecular complexity index is 1250. The Morgan fingerprint density at radius 3 is 2.67 bits per heavy atom. The van der Waals surface area contributed by atoms with Crippen molar-refractivity contribution in [3.8, 4) is 11.4 Å². The van der Waals surface area contributed by atoms with Gasteiger partial charge in [0.1, 0.15) is 11.6 Å². The topological polar surface area (TPSA) is 117 Å². The molecular weight excluding hydrogens is 422 g/mol. The van der Waals surface area contributed by atoms with Gasteiger partial charge in [0.05, 0.1) is 0 Å². The average molecular weight is 445 g/mol. The van der Waals surface area contributed by atoms with Gasteiger partial charge in [-0.3, -0.25) is 14.9 Å². The Morgan fingerprint density at radius 1 is 1.15 bits per heavy atom. The molecule has 0 bridgehead atoms. The van der Waals surface area contributed by atoms with Gasteiger partial charge in [0, 0.05) is 18.5 Å². The molecule has 2 N–H and O–H groups in total. The van der Waals surface area contributed by atoms with Crippen molar-refractivity contribution in [2.45, 2.75) is 44.8 Å². The second kappa shape index (κ2) is 7.84. The Morgan fingerprint density at radius 2 is 1.94 bits per heavy atom. The zero-order valence-corrected chi connectivity index (χ0v) is 18.3. The number of nitrogens with one attached hydrogen (secondary N) is 2. The first-order chi connectivity index (χ1) is 15.8. The van der Waals surface area contributed by atoms with Crippen LogP contribution in [0.2, 0.25) is 0 Å². The minimum Gasteiger partial charge on any atom is -0.337 e. The van der Waals surface area contributed by atoms with Gasteiger partial charge in [-0.05, 0) is 37.5 Å². The second-order valence-corrected chi connectivity index (χ2v) is 8.63. The summed E-state index contributed by atoms with van der Waals surface area (Å²) in [5.41, 5.74) is 2.27. The summed E-state index contributed by atoms with van der Waals surface area (Å²) in [7, 11) is 0. The predicted octanol–water partition coefficient (Wildman–Crippen LogP) is 2.96. The molecule has 2 aliphatic heterocycles. The van der Waals surface area contributed by atoms with Crippen LogP contribution in [0.25, 0.3) is 11.4 Å². The van der Waals surface area contributed by atoms with Crippen LogP contribution in [0.5, 0.6) is 0 Å². The van der Waals surface area contributed by atoms with E-state index in [9.17, 15) is 14.4 Å². The van der Waals surface area contributed by atoms with Gasteiger partial charge in [-0.1, -0.05) is 53.2 Å². The molecule has 0 saturated carbocycles. The molecule has 4 amide bonds. The molecule has 2 unspecified atom stereocenters. The van der Waals surface area contributed by atoms with E-state index in [1.54, 1.807) is 36.1 Å². The molecule has 5 rings (SSSR count). The molecule has 9 heteroatoms. The highest BCUT2D eigenvalue weighted by molar-refractivity contribution is 6.07. The third-order valence-electron chi connectivity index (χ3n) is 6.27. The molecule has 2 aliphatic rings. The summed E-state index contributed by atoms with van der Waals surface area (Å²) < 4.78 is 5.56. The van der Waals surface area contributed by atoms with Crippen molar-refractivity contribution in [1.29, 1.82) is 0 Å². The number of benzene rings is 2. The van der Waals surface area contributed by atoms with Gasteiger partial charge < -0.3 is 14.7 Å². The van der Waals surface area contributed by atoms with Crippen LogP contribution in [0.1, 0.15) is 48.4 Å². The highest BCUT2D eigenvalue weighted by atomic mass is 16.5. The van der Waals surface area contributed by atoms with E-state index in [0.29, 0.717) is 42.2 Å². The van der Waals surface area contributed by atoms with E-state index < -0.39 is 17.5 Å². The molecule has 2 atom stereocenters. The fourth-order valence-electron chi connectivity index (χ4n) is 4.28. The zero-order chi connectivity index (χ0) is 23.2. The van der Waals surface area contributed by atoms with Gasteiger partial charge in [-0.15, -0.1) is 0 Å². The minimum absolute atomic E-state index is 0.0539. The maximum absolute atomic E-state index is 12.6. The summed E-state index contributed by atoms with van der Waals surface area (Å²) in [6.07, 6.45) is 1.04. The number of aryl methyl sites for hydroxylation is 1. The van der Waals surface area contributed by atoms with Crippen molar-refractivity contribution < 1.29 is 18.9 Å². The molecule has 0 aliphatic carbocycles. The second-order valence-electron chi connectivity index (χ2n) is 8.63. The first-order valence-corrected chi connectivity index (χ1v) is 10.8. The van der Waals surface area contributed by atoms with Crippen molar-refractivity contribution in [3.63, 3.8) is 0 Å². The lowest BCUT2D eigenvalue weighted by atomic mass is 9.91. The third kappa shape index (κ3) is 3.75. The number of hydrogen-bond acceptors (Lipinski definition) is 6. The SMILES string of the molecule is Cc1ccc(CN2C(=O)CCC2c2nc(-c3cccc(C4(C)NC(=O)NC4=O)c3)no2)cc1. The lowest BCUT2D eigenvalue weighted by Gasteiger charge is -2.22. The van der Waals surface area contributed by atoms with Gasteiger partial charge >= 0.3 is 6.03 Å². The van der Waals surface area contributed by atoms with Gasteiger partial charge in [0.25, 0.3) is 5.91 Å². The number of urea groups is 1. The highest BCUT2D eigenvalue weighted by Crippen LogP contribution is 2.35. The Hall–Kier alpha value is -4.01. The van der Waals surface area contributed by atoms with E-state index in [0.717, 1.165) is 11.1 Å². The highest BCUT2D eigenvalue weighted by Gasteiger charge is 2.43. The van der Waals surface area contributed by atoms with Crippen molar-refractivity contribution >= 4 is 17.8 Å². The minimum atomic E-state index is -1.18. The Labute approximate surface area is 190 Å². The first kappa shape index (κ1) is 20.9. The Balaban J connectivity index is 1.40. The van der Waals surface area contributed by atoms with Crippen LogP contribution in [0.3, 0.4) is 0 Å². The molecule has 0 radical (unpaired) electrons. The molecule has 168 valence electrons. The van der Waals surface area contributed by atoms with Crippen LogP contribution in [0, 0.1) is 6.92 Å². The van der Waals surface area contributed by atoms with Crippen LogP contribution in [0.15, 0.2) is 53.1 Å². The van der Waals surface area contributed by atoms with Crippen LogP contribution in [-0.2, 0) is 21.7 Å². The number of nitrogens with zero attached hydrogens (tertiary/aromatic N) is 3. The number of imide groups is 1. The maximum Gasteiger partial charge on any atom is 0.322 e. The van der Waals surface area contributed by atoms with E-state index >= 15 is 0 Å². The molecule has 3 aromatic rings. The lowest BCUT2D eigenvalue weighted by Crippen LogP contribution is -2.40. The number of rotatable bonds is 5. The molecule has 3 heterocycles. The largest absolute Gasteiger partial charge is 0.337 e. The van der Waals surface area contributed by atoms with Crippen LogP contribution < -0.4 is 10.6 Å². The maximum atomic E-state index is 12.6. The number of aromatic nitrogens is 2. The van der Waals surface area contributed by atoms with Gasteiger partial charge in [-0.2, -0.15) is 4.98 Å². The number of hydrogen-bond donors (Lipinski definition) is 2. The van der Waals surface area contributed by atoms with Crippen molar-refractivity contribution in [2.24, 2.45) is 0 Å². The predicted molar refractivity (Wildman–Crippen MR) is 117 cm³/mol. The number of carbonyl (C=O) groups is 3. The van der Waals surface area contributed by atoms with Crippen LogP contribution in [-0.4, -0.2) is 32.9 Å². The monoisotopic (exact) mass is 445 g/mol. The molecular formula is C24H23N5O4. The number of amides is 4. The van der Waals surface area contributed by atoms with E-state index in [-0.39, 0.29) is 11.9 Å². The van der Waals surface area contributed by atoms with Crippen LogP contribution >= 0.6 is 0 Å². The summed E-state index contributed by atoms with van der Waals surface area (Å²) in [4.78, 5) is 42.8. The molecule has 9 nitrogen and oxygen atoms in total. The molecule has 2 aromatic carbocycles. The van der Waals surface area contributed by atoms with Crippen LogP contribution in [0.4, 0.5) is 4.79 Å². The molecule has 2 saturated heterocycles. The summed E-state index contributed by atoms with van der Waals surface area (Å²) in [5.74, 6) is 0.370. The van der Waals surface area contributed by atoms with Gasteiger partial charge in [0.2, 0.25) is 17.6 Å². The van der Waals surface area contributed by atoms with Gasteiger partial charge in [-0.25, -0.2) is 4.79 Å². The van der Waals surface area contributed by atoms with E-state index in [1.807, 2.05) is 31.2 Å². The zero-order valence-electron chi connectivity index (χ0n) is 18.3. The van der Waals surface area contributed by atoms with E-state index in [1.165, 1.54) is 0 Å².